The number of nitrogens with zero attached hydrogens (tertiary/aromatic N) is 3. The van der Waals surface area contributed by atoms with Crippen LogP contribution in [0.25, 0.3) is 0 Å². The molecular formula is C102H215N13O+2. The van der Waals surface area contributed by atoms with Gasteiger partial charge in [0.15, 0.2) is 18.4 Å². The number of nitrogens with two attached hydrogens (primary N) is 3. The lowest BCUT2D eigenvalue weighted by atomic mass is 9.75. The van der Waals surface area contributed by atoms with E-state index in [1.165, 1.54) is 237 Å². The molecule has 692 valence electrons. The molecule has 8 aliphatic rings. The van der Waals surface area contributed by atoms with Gasteiger partial charge in [-0.2, -0.15) is 0 Å². The van der Waals surface area contributed by atoms with E-state index in [4.69, 9.17) is 21.9 Å². The summed E-state index contributed by atoms with van der Waals surface area (Å²) in [6.45, 7) is 98.1. The van der Waals surface area contributed by atoms with Gasteiger partial charge in [0.1, 0.15) is 7.05 Å². The van der Waals surface area contributed by atoms with Gasteiger partial charge >= 0.3 is 0 Å². The molecule has 13 N–H and O–H groups in total. The first-order valence-corrected chi connectivity index (χ1v) is 48.0. The summed E-state index contributed by atoms with van der Waals surface area (Å²) in [5.74, 6) is 6.97. The molecule has 9 rings (SSSR count). The van der Waals surface area contributed by atoms with Gasteiger partial charge in [-0.25, -0.2) is 4.57 Å². The van der Waals surface area contributed by atoms with Gasteiger partial charge < -0.3 is 63.6 Å². The van der Waals surface area contributed by atoms with Crippen molar-refractivity contribution in [2.75, 3.05) is 139 Å². The molecule has 0 radical (unpaired) electrons. The van der Waals surface area contributed by atoms with E-state index in [2.05, 4.69) is 314 Å². The molecule has 0 aliphatic carbocycles. The molecule has 8 saturated heterocycles. The third kappa shape index (κ3) is 75.7. The lowest BCUT2D eigenvalue weighted by molar-refractivity contribution is -0.896. The fraction of sp³-hybridized carbons (Fsp3) is 0.941. The predicted octanol–water partition coefficient (Wildman–Crippen LogP) is 22.0. The Morgan fingerprint density at radius 2 is 0.750 bits per heavy atom. The monoisotopic (exact) mass is 1640 g/mol. The number of aryl methyl sites for hydroxylation is 1. The Hall–Kier alpha value is -1.98. The average Bonchev–Trinajstić information content (AvgIpc) is 0.941. The average molecular weight is 1640 g/mol. The van der Waals surface area contributed by atoms with Crippen molar-refractivity contribution in [2.45, 2.75) is 381 Å². The van der Waals surface area contributed by atoms with Crippen LogP contribution in [-0.2, 0) is 17.2 Å². The van der Waals surface area contributed by atoms with Crippen LogP contribution in [0, 0.1) is 95.6 Å². The lowest BCUT2D eigenvalue weighted by Gasteiger charge is -2.41. The van der Waals surface area contributed by atoms with Crippen molar-refractivity contribution in [3.63, 3.8) is 0 Å². The highest BCUT2D eigenvalue weighted by Gasteiger charge is 2.34. The van der Waals surface area contributed by atoms with Crippen LogP contribution in [-0.4, -0.2) is 155 Å². The third-order valence-corrected chi connectivity index (χ3v) is 23.4. The maximum absolute atomic E-state index is 5.58. The summed E-state index contributed by atoms with van der Waals surface area (Å²) < 4.78 is 8.86. The highest BCUT2D eigenvalue weighted by molar-refractivity contribution is 5.75. The summed E-state index contributed by atoms with van der Waals surface area (Å²) in [6.07, 6.45) is 34.2. The molecule has 8 fully saturated rings. The van der Waals surface area contributed by atoms with Crippen LogP contribution in [0.15, 0.2) is 29.5 Å². The summed E-state index contributed by atoms with van der Waals surface area (Å²) in [6, 6.07) is 4.33. The number of quaternary nitrogens is 1. The van der Waals surface area contributed by atoms with Gasteiger partial charge in [-0.3, -0.25) is 4.99 Å². The normalized spacial score (nSPS) is 19.3. The highest BCUT2D eigenvalue weighted by atomic mass is 16.5. The molecule has 0 bridgehead atoms. The Morgan fingerprint density at radius 1 is 0.388 bits per heavy atom. The molecule has 14 nitrogen and oxygen atoms in total. The van der Waals surface area contributed by atoms with Crippen LogP contribution in [0.5, 0.6) is 0 Å². The van der Waals surface area contributed by atoms with E-state index >= 15 is 0 Å². The summed E-state index contributed by atoms with van der Waals surface area (Å²) in [4.78, 5) is 3.93. The second-order valence-corrected chi connectivity index (χ2v) is 50.5. The van der Waals surface area contributed by atoms with Crippen LogP contribution >= 0.6 is 0 Å². The van der Waals surface area contributed by atoms with Crippen molar-refractivity contribution >= 4 is 5.96 Å². The standard InChI is InChI=1S/C11H24N.C10H23N3.C10H16N.2C10H21N.3C9H19N.C9H21N.C8H17NO.C7H15N/c1-11(2,3)10-6-8-12(4,5)9-7-10;1-10(2,3)7-5-4-6-8-13-9(11)12;1-10(2,3)9-5-7-11(4)8-6-9;1-10(2,3)8-9-4-6-11-7-5-9;1-10(2,3)6-4-5-9-7-11-8-9;1-9(2,3)6-8-4-5-10-7-8;2*1-9(2,3)5-4-8-6-10-7-8;1-9(2,3)7-5-4-6-8-10;1-8(2,3)6-10-7-4-9-5-7;1-7(2,3)6-4-8-5-6/h10H,6-9H2,1-5H3;4-8H2,1-3H3,(H4,11,12,13);5-8H,1-4H3;2*9,11H,4-8H2,1-3H3;3*8,10H,4-7H2,1-3H3;4-8,10H2,1-3H3;7,9H,4-6H2,1-3H3;6,8H,4-5H2,1-3H3/q+1;;+1;;;;;;;;. The number of piperidine rings is 2. The molecule has 1 atom stereocenters. The van der Waals surface area contributed by atoms with Crippen molar-refractivity contribution < 1.29 is 13.8 Å². The third-order valence-electron chi connectivity index (χ3n) is 23.4. The lowest BCUT2D eigenvalue weighted by Crippen LogP contribution is -2.49. The highest BCUT2D eigenvalue weighted by Crippen LogP contribution is 2.36. The Balaban J connectivity index is 0. The molecule has 1 unspecified atom stereocenters. The number of rotatable bonds is 20. The van der Waals surface area contributed by atoms with Gasteiger partial charge in [-0.1, -0.05) is 261 Å². The van der Waals surface area contributed by atoms with Crippen molar-refractivity contribution in [2.24, 2.45) is 125 Å². The number of aliphatic imine (C=N–C) groups is 1. The Morgan fingerprint density at radius 3 is 1.05 bits per heavy atom. The molecule has 1 aromatic rings. The zero-order valence-electron chi connectivity index (χ0n) is 85.4. The maximum Gasteiger partial charge on any atom is 0.185 e. The molecule has 0 saturated carbocycles. The quantitative estimate of drug-likeness (QED) is 0.0197. The van der Waals surface area contributed by atoms with E-state index in [1.807, 2.05) is 7.05 Å². The van der Waals surface area contributed by atoms with Crippen LogP contribution in [0.2, 0.25) is 0 Å². The number of guanidine groups is 1. The number of aromatic nitrogens is 1. The molecule has 0 amide bonds. The molecule has 8 aliphatic heterocycles. The summed E-state index contributed by atoms with van der Waals surface area (Å²) >= 11 is 0. The van der Waals surface area contributed by atoms with Crippen molar-refractivity contribution in [1.29, 1.82) is 0 Å². The fourth-order valence-electron chi connectivity index (χ4n) is 14.5. The fourth-order valence-corrected chi connectivity index (χ4v) is 14.5. The molecular weight excluding hydrogens is 1420 g/mol. The summed E-state index contributed by atoms with van der Waals surface area (Å²) in [5.41, 5.74) is 22.5. The minimum Gasteiger partial charge on any atom is -0.375 e. The van der Waals surface area contributed by atoms with Gasteiger partial charge in [0.2, 0.25) is 0 Å². The van der Waals surface area contributed by atoms with Gasteiger partial charge in [0.25, 0.3) is 0 Å². The number of hydrogen-bond acceptors (Lipinski definition) is 10. The van der Waals surface area contributed by atoms with Crippen molar-refractivity contribution in [3.05, 3.63) is 30.1 Å². The van der Waals surface area contributed by atoms with Gasteiger partial charge in [-0.05, 0) is 288 Å². The van der Waals surface area contributed by atoms with E-state index in [0.29, 0.717) is 60.3 Å². The van der Waals surface area contributed by atoms with Gasteiger partial charge in [-0.15, -0.1) is 0 Å². The Labute approximate surface area is 727 Å². The molecule has 116 heavy (non-hydrogen) atoms. The molecule has 9 heterocycles. The zero-order valence-corrected chi connectivity index (χ0v) is 85.4. The van der Waals surface area contributed by atoms with Gasteiger partial charge in [0.05, 0.1) is 39.9 Å². The van der Waals surface area contributed by atoms with E-state index < -0.39 is 0 Å². The predicted molar refractivity (Wildman–Crippen MR) is 518 cm³/mol. The number of nitrogens with one attached hydrogen (secondary N) is 7. The van der Waals surface area contributed by atoms with Crippen LogP contribution in [0.4, 0.5) is 0 Å². The van der Waals surface area contributed by atoms with Crippen molar-refractivity contribution in [3.8, 4) is 0 Å². The Bertz CT molecular complexity index is 2410. The minimum absolute atomic E-state index is 0.204. The molecule has 14 heteroatoms. The zero-order chi connectivity index (χ0) is 89.5. The smallest absolute Gasteiger partial charge is 0.185 e. The second kappa shape index (κ2) is 57.5. The maximum atomic E-state index is 5.58. The number of pyridine rings is 1. The molecule has 0 aromatic carbocycles. The van der Waals surface area contributed by atoms with Crippen LogP contribution in [0.3, 0.4) is 0 Å². The first kappa shape index (κ1) is 116. The first-order valence-electron chi connectivity index (χ1n) is 48.0. The number of ether oxygens (including phenoxy) is 1. The molecule has 1 aromatic heterocycles. The van der Waals surface area contributed by atoms with E-state index in [1.54, 1.807) is 0 Å². The first-order chi connectivity index (χ1) is 52.9. The van der Waals surface area contributed by atoms with Crippen molar-refractivity contribution in [1.82, 2.24) is 37.2 Å². The second-order valence-electron chi connectivity index (χ2n) is 50.5. The topological polar surface area (TPSA) is 188 Å². The van der Waals surface area contributed by atoms with E-state index in [-0.39, 0.29) is 11.4 Å². The number of hydrogen-bond donors (Lipinski definition) is 10. The number of likely N-dealkylation sites (tertiary alicyclic amines) is 1. The number of unbranched alkanes of at least 4 members (excludes halogenated alkanes) is 4. The largest absolute Gasteiger partial charge is 0.375 e. The van der Waals surface area contributed by atoms with E-state index in [9.17, 15) is 0 Å². The van der Waals surface area contributed by atoms with Crippen LogP contribution in [0.1, 0.15) is 375 Å². The van der Waals surface area contributed by atoms with Crippen LogP contribution < -0.4 is 59.0 Å². The minimum atomic E-state index is 0.204. The SMILES string of the molecule is CC(C)(C)C1CC[N+](C)(C)CC1.CC(C)(C)C1CNC1.CC(C)(C)CC1CCNC1.CC(C)(C)CC1CCNCC1.CC(C)(C)CCC1CNC1.CC(C)(C)CCC1CNC1.CC(C)(C)CCCC1CNC1.CC(C)(C)CCCCCN.CC(C)(C)CCCCCN=C(N)N.CC(C)(C)COC1CNC1.C[n+]1ccc(C(C)(C)C)cc1. The summed E-state index contributed by atoms with van der Waals surface area (Å²) in [5, 5.41) is 23.1. The molecule has 0 spiro atoms. The van der Waals surface area contributed by atoms with E-state index in [0.717, 1.165) is 80.6 Å². The Kier molecular flexibility index (Phi) is 57.6. The summed E-state index contributed by atoms with van der Waals surface area (Å²) in [7, 11) is 6.73. The van der Waals surface area contributed by atoms with Gasteiger partial charge in [0, 0.05) is 44.6 Å².